The molecule has 1 saturated heterocycles. The van der Waals surface area contributed by atoms with Gasteiger partial charge in [-0.05, 0) is 69.1 Å². The minimum Gasteiger partial charge on any atom is -0.344 e. The van der Waals surface area contributed by atoms with Crippen LogP contribution >= 0.6 is 0 Å². The highest BCUT2D eigenvalue weighted by molar-refractivity contribution is 5.77. The monoisotopic (exact) mass is 478 g/mol. The first-order valence-corrected chi connectivity index (χ1v) is 12.7. The summed E-state index contributed by atoms with van der Waals surface area (Å²) in [5.41, 5.74) is 7.34. The van der Waals surface area contributed by atoms with Crippen molar-refractivity contribution in [3.8, 4) is 35.9 Å². The van der Waals surface area contributed by atoms with E-state index in [0.717, 1.165) is 84.0 Å². The van der Waals surface area contributed by atoms with E-state index in [1.165, 1.54) is 12.1 Å². The normalized spacial score (nSPS) is 14.7. The van der Waals surface area contributed by atoms with E-state index in [-0.39, 0.29) is 0 Å². The van der Waals surface area contributed by atoms with Crippen molar-refractivity contribution in [2.45, 2.75) is 52.1 Å². The number of aryl methyl sites for hydroxylation is 1. The first-order chi connectivity index (χ1) is 17.7. The largest absolute Gasteiger partial charge is 0.344 e. The minimum absolute atomic E-state index is 0.347. The highest BCUT2D eigenvalue weighted by Gasteiger charge is 2.21. The number of hydrogen-bond donors (Lipinski definition) is 4. The standard InChI is InChI=1S/C28H32N6.C2H2/c1-3-15-29-18-26-31-23-14-11-20(17-25(23)32-26)8-7-19-9-12-21(13-10-19)27-22(4-2)33-28(34-27)24-6-5-16-30-24;1-2/h9-14,17,24,29-30H,3-6,15-16,18H2,1-2H3,(H,31,32)(H,33,34);1-2H/t24-;/m0./s1. The molecule has 2 aromatic carbocycles. The van der Waals surface area contributed by atoms with Crippen LogP contribution in [0.5, 0.6) is 0 Å². The van der Waals surface area contributed by atoms with Crippen molar-refractivity contribution in [1.82, 2.24) is 30.6 Å². The zero-order valence-electron chi connectivity index (χ0n) is 21.1. The molecule has 0 saturated carbocycles. The molecule has 0 bridgehead atoms. The molecule has 4 aromatic rings. The van der Waals surface area contributed by atoms with Gasteiger partial charge in [-0.2, -0.15) is 0 Å². The maximum Gasteiger partial charge on any atom is 0.124 e. The highest BCUT2D eigenvalue weighted by Crippen LogP contribution is 2.27. The Kier molecular flexibility index (Phi) is 8.57. The lowest BCUT2D eigenvalue weighted by molar-refractivity contribution is 0.611. The van der Waals surface area contributed by atoms with Crippen molar-refractivity contribution in [1.29, 1.82) is 0 Å². The molecule has 3 heterocycles. The molecule has 0 aliphatic carbocycles. The predicted octanol–water partition coefficient (Wildman–Crippen LogP) is 5.09. The van der Waals surface area contributed by atoms with Gasteiger partial charge in [0, 0.05) is 22.4 Å². The number of nitrogens with one attached hydrogen (secondary N) is 4. The van der Waals surface area contributed by atoms with Crippen molar-refractivity contribution in [3.63, 3.8) is 0 Å². The number of aromatic amines is 2. The summed E-state index contributed by atoms with van der Waals surface area (Å²) in [6.07, 6.45) is 12.4. The molecule has 0 spiro atoms. The Morgan fingerprint density at radius 1 is 1.00 bits per heavy atom. The number of aromatic nitrogens is 4. The lowest BCUT2D eigenvalue weighted by atomic mass is 10.1. The Bertz CT molecular complexity index is 1360. The molecule has 1 fully saturated rings. The first kappa shape index (κ1) is 25.3. The maximum atomic E-state index is 4.94. The van der Waals surface area contributed by atoms with E-state index in [1.807, 2.05) is 12.1 Å². The molecule has 36 heavy (non-hydrogen) atoms. The lowest BCUT2D eigenvalue weighted by Crippen LogP contribution is -2.14. The summed E-state index contributed by atoms with van der Waals surface area (Å²) >= 11 is 0. The molecule has 1 atom stereocenters. The molecule has 2 aromatic heterocycles. The van der Waals surface area contributed by atoms with Crippen LogP contribution in [0, 0.1) is 24.7 Å². The van der Waals surface area contributed by atoms with E-state index in [2.05, 4.69) is 94.5 Å². The number of hydrogen-bond acceptors (Lipinski definition) is 4. The molecule has 5 rings (SSSR count). The van der Waals surface area contributed by atoms with Crippen LogP contribution in [-0.4, -0.2) is 33.0 Å². The SMILES string of the molecule is C#C.CCCNCc1nc2ccc(C#Cc3ccc(-c4nc([C@@H]5CCCN5)[nH]c4CC)cc3)cc2[nH]1. The molecule has 1 aliphatic rings. The smallest absolute Gasteiger partial charge is 0.124 e. The molecular weight excluding hydrogens is 444 g/mol. The first-order valence-electron chi connectivity index (χ1n) is 12.7. The zero-order chi connectivity index (χ0) is 25.3. The average molecular weight is 479 g/mol. The van der Waals surface area contributed by atoms with Gasteiger partial charge in [0.05, 0.1) is 29.3 Å². The summed E-state index contributed by atoms with van der Waals surface area (Å²) in [6, 6.07) is 14.9. The molecule has 6 heteroatoms. The Morgan fingerprint density at radius 2 is 1.78 bits per heavy atom. The number of nitrogens with zero attached hydrogens (tertiary/aromatic N) is 2. The Labute approximate surface area is 213 Å². The van der Waals surface area contributed by atoms with Crippen LogP contribution in [0.2, 0.25) is 0 Å². The number of H-pyrrole nitrogens is 2. The second kappa shape index (κ2) is 12.2. The van der Waals surface area contributed by atoms with Crippen molar-refractivity contribution in [2.24, 2.45) is 0 Å². The van der Waals surface area contributed by atoms with Gasteiger partial charge in [0.15, 0.2) is 0 Å². The fourth-order valence-electron chi connectivity index (χ4n) is 4.47. The third-order valence-corrected chi connectivity index (χ3v) is 6.30. The number of fused-ring (bicyclic) bond motifs is 1. The topological polar surface area (TPSA) is 81.4 Å². The van der Waals surface area contributed by atoms with Crippen LogP contribution < -0.4 is 10.6 Å². The molecule has 1 aliphatic heterocycles. The van der Waals surface area contributed by atoms with E-state index in [0.29, 0.717) is 6.04 Å². The molecular formula is C30H34N6. The fourth-order valence-corrected chi connectivity index (χ4v) is 4.47. The van der Waals surface area contributed by atoms with Crippen molar-refractivity contribution >= 4 is 11.0 Å². The van der Waals surface area contributed by atoms with Gasteiger partial charge in [0.25, 0.3) is 0 Å². The third-order valence-electron chi connectivity index (χ3n) is 6.30. The number of imidazole rings is 2. The van der Waals surface area contributed by atoms with Crippen molar-refractivity contribution in [2.75, 3.05) is 13.1 Å². The summed E-state index contributed by atoms with van der Waals surface area (Å²) in [4.78, 5) is 16.5. The maximum absolute atomic E-state index is 4.94. The molecule has 4 N–H and O–H groups in total. The van der Waals surface area contributed by atoms with Gasteiger partial charge in [-0.25, -0.2) is 9.97 Å². The molecule has 0 radical (unpaired) electrons. The van der Waals surface area contributed by atoms with Crippen LogP contribution in [0.3, 0.4) is 0 Å². The van der Waals surface area contributed by atoms with Crippen molar-refractivity contribution < 1.29 is 0 Å². The van der Waals surface area contributed by atoms with Gasteiger partial charge in [-0.3, -0.25) is 0 Å². The summed E-state index contributed by atoms with van der Waals surface area (Å²) in [6.45, 7) is 7.15. The zero-order valence-corrected chi connectivity index (χ0v) is 21.1. The van der Waals surface area contributed by atoms with Crippen LogP contribution in [0.4, 0.5) is 0 Å². The van der Waals surface area contributed by atoms with Gasteiger partial charge in [0.2, 0.25) is 0 Å². The van der Waals surface area contributed by atoms with E-state index in [1.54, 1.807) is 0 Å². The predicted molar refractivity (Wildman–Crippen MR) is 147 cm³/mol. The molecule has 6 nitrogen and oxygen atoms in total. The van der Waals surface area contributed by atoms with Gasteiger partial charge < -0.3 is 20.6 Å². The Hall–Kier alpha value is -3.84. The van der Waals surface area contributed by atoms with E-state index in [9.17, 15) is 0 Å². The lowest BCUT2D eigenvalue weighted by Gasteiger charge is -2.05. The third kappa shape index (κ3) is 5.86. The molecule has 184 valence electrons. The van der Waals surface area contributed by atoms with E-state index >= 15 is 0 Å². The van der Waals surface area contributed by atoms with Gasteiger partial charge in [-0.15, -0.1) is 12.8 Å². The highest BCUT2D eigenvalue weighted by atomic mass is 15.0. The summed E-state index contributed by atoms with van der Waals surface area (Å²) in [5, 5.41) is 6.91. The average Bonchev–Trinajstić information content (AvgIpc) is 3.68. The van der Waals surface area contributed by atoms with Gasteiger partial charge in [0.1, 0.15) is 11.6 Å². The Balaban J connectivity index is 0.00000148. The summed E-state index contributed by atoms with van der Waals surface area (Å²) < 4.78 is 0. The van der Waals surface area contributed by atoms with Crippen molar-refractivity contribution in [3.05, 3.63) is 70.9 Å². The van der Waals surface area contributed by atoms with Gasteiger partial charge >= 0.3 is 0 Å². The number of terminal acetylenes is 1. The molecule has 0 unspecified atom stereocenters. The van der Waals surface area contributed by atoms with Crippen LogP contribution in [0.25, 0.3) is 22.3 Å². The van der Waals surface area contributed by atoms with Gasteiger partial charge in [-0.1, -0.05) is 37.8 Å². The van der Waals surface area contributed by atoms with Crippen LogP contribution in [0.15, 0.2) is 42.5 Å². The van der Waals surface area contributed by atoms with Crippen LogP contribution in [-0.2, 0) is 13.0 Å². The summed E-state index contributed by atoms with van der Waals surface area (Å²) in [7, 11) is 0. The fraction of sp³-hybridized carbons (Fsp3) is 0.333. The van der Waals surface area contributed by atoms with E-state index in [4.69, 9.17) is 4.98 Å². The van der Waals surface area contributed by atoms with Crippen LogP contribution in [0.1, 0.15) is 67.6 Å². The second-order valence-corrected chi connectivity index (χ2v) is 8.87. The minimum atomic E-state index is 0.347. The quantitative estimate of drug-likeness (QED) is 0.220. The number of rotatable bonds is 7. The number of benzene rings is 2. The Morgan fingerprint density at radius 3 is 2.50 bits per heavy atom. The second-order valence-electron chi connectivity index (χ2n) is 8.87. The van der Waals surface area contributed by atoms with E-state index < -0.39 is 0 Å². The molecule has 0 amide bonds. The summed E-state index contributed by atoms with van der Waals surface area (Å²) in [5.74, 6) is 8.61.